The highest BCUT2D eigenvalue weighted by Crippen LogP contribution is 2.22. The van der Waals surface area contributed by atoms with Gasteiger partial charge in [-0.2, -0.15) is 0 Å². The van der Waals surface area contributed by atoms with Gasteiger partial charge in [-0.25, -0.2) is 13.1 Å². The van der Waals surface area contributed by atoms with Gasteiger partial charge in [-0.05, 0) is 29.8 Å². The highest BCUT2D eigenvalue weighted by Gasteiger charge is 2.21. The maximum Gasteiger partial charge on any atom is 0.251 e. The number of amides is 1. The van der Waals surface area contributed by atoms with Crippen LogP contribution in [0.1, 0.15) is 29.8 Å². The molecule has 2 aromatic carbocycles. The number of carbonyl (C=O) groups is 1. The molecule has 0 saturated heterocycles. The molecule has 0 aliphatic rings. The molecule has 0 saturated carbocycles. The van der Waals surface area contributed by atoms with Crippen molar-refractivity contribution in [1.82, 2.24) is 10.0 Å². The van der Waals surface area contributed by atoms with Crippen LogP contribution in [0.5, 0.6) is 0 Å². The first-order chi connectivity index (χ1) is 12.8. The minimum absolute atomic E-state index is 0.111. The Hall–Kier alpha value is -2.22. The number of hydrogen-bond acceptors (Lipinski definition) is 4. The van der Waals surface area contributed by atoms with Gasteiger partial charge in [0.15, 0.2) is 0 Å². The second kappa shape index (κ2) is 9.12. The molecule has 0 aliphatic heterocycles. The van der Waals surface area contributed by atoms with Gasteiger partial charge < -0.3 is 10.1 Å². The Labute approximate surface area is 161 Å². The lowest BCUT2D eigenvalue weighted by Gasteiger charge is -2.25. The molecule has 0 radical (unpaired) electrons. The van der Waals surface area contributed by atoms with Crippen molar-refractivity contribution in [2.24, 2.45) is 0 Å². The van der Waals surface area contributed by atoms with Gasteiger partial charge in [0.1, 0.15) is 0 Å². The van der Waals surface area contributed by atoms with Crippen molar-refractivity contribution >= 4 is 15.9 Å². The SMILES string of the molecule is COCCNS(=O)(=O)c1ccc(C(=O)NCC(C)(C)c2ccccc2)cc1. The Morgan fingerprint density at radius 3 is 2.26 bits per heavy atom. The van der Waals surface area contributed by atoms with E-state index in [2.05, 4.69) is 23.9 Å². The Bertz CT molecular complexity index is 847. The number of carbonyl (C=O) groups excluding carboxylic acids is 1. The van der Waals surface area contributed by atoms with Gasteiger partial charge in [-0.15, -0.1) is 0 Å². The van der Waals surface area contributed by atoms with E-state index in [-0.39, 0.29) is 29.4 Å². The molecule has 1 amide bonds. The topological polar surface area (TPSA) is 84.5 Å². The van der Waals surface area contributed by atoms with E-state index in [0.717, 1.165) is 5.56 Å². The van der Waals surface area contributed by atoms with Crippen LogP contribution in [0, 0.1) is 0 Å². The highest BCUT2D eigenvalue weighted by molar-refractivity contribution is 7.89. The van der Waals surface area contributed by atoms with Gasteiger partial charge in [0.2, 0.25) is 10.0 Å². The Morgan fingerprint density at radius 2 is 1.67 bits per heavy atom. The van der Waals surface area contributed by atoms with Crippen LogP contribution >= 0.6 is 0 Å². The summed E-state index contributed by atoms with van der Waals surface area (Å²) in [5.74, 6) is -0.240. The van der Waals surface area contributed by atoms with Crippen LogP contribution in [0.2, 0.25) is 0 Å². The van der Waals surface area contributed by atoms with Gasteiger partial charge in [-0.3, -0.25) is 4.79 Å². The van der Waals surface area contributed by atoms with E-state index in [1.54, 1.807) is 0 Å². The molecule has 6 nitrogen and oxygen atoms in total. The van der Waals surface area contributed by atoms with Crippen LogP contribution < -0.4 is 10.0 Å². The molecule has 0 atom stereocenters. The average Bonchev–Trinajstić information content (AvgIpc) is 2.67. The van der Waals surface area contributed by atoms with Gasteiger partial charge in [0.05, 0.1) is 11.5 Å². The third-order valence-corrected chi connectivity index (χ3v) is 5.75. The zero-order valence-electron chi connectivity index (χ0n) is 15.9. The molecule has 7 heteroatoms. The van der Waals surface area contributed by atoms with E-state index < -0.39 is 10.0 Å². The number of benzene rings is 2. The van der Waals surface area contributed by atoms with E-state index in [0.29, 0.717) is 12.1 Å². The number of hydrogen-bond donors (Lipinski definition) is 2. The number of ether oxygens (including phenoxy) is 1. The molecular formula is C20H26N2O4S. The highest BCUT2D eigenvalue weighted by atomic mass is 32.2. The second-order valence-electron chi connectivity index (χ2n) is 6.85. The summed E-state index contributed by atoms with van der Waals surface area (Å²) in [4.78, 5) is 12.5. The van der Waals surface area contributed by atoms with E-state index in [4.69, 9.17) is 4.74 Å². The smallest absolute Gasteiger partial charge is 0.251 e. The number of sulfonamides is 1. The molecule has 0 spiro atoms. The third-order valence-electron chi connectivity index (χ3n) is 4.27. The van der Waals surface area contributed by atoms with Crippen molar-refractivity contribution in [3.05, 3.63) is 65.7 Å². The molecule has 2 aromatic rings. The minimum Gasteiger partial charge on any atom is -0.383 e. The summed E-state index contributed by atoms with van der Waals surface area (Å²) in [6.07, 6.45) is 0. The maximum absolute atomic E-state index is 12.4. The van der Waals surface area contributed by atoms with Crippen molar-refractivity contribution in [3.63, 3.8) is 0 Å². The molecule has 0 unspecified atom stereocenters. The normalized spacial score (nSPS) is 12.0. The van der Waals surface area contributed by atoms with Gasteiger partial charge >= 0.3 is 0 Å². The Balaban J connectivity index is 1.99. The third kappa shape index (κ3) is 5.89. The van der Waals surface area contributed by atoms with Crippen LogP contribution in [0.3, 0.4) is 0 Å². The summed E-state index contributed by atoms with van der Waals surface area (Å²) >= 11 is 0. The summed E-state index contributed by atoms with van der Waals surface area (Å²) < 4.78 is 31.5. The zero-order chi connectivity index (χ0) is 19.9. The van der Waals surface area contributed by atoms with Crippen LogP contribution in [0.4, 0.5) is 0 Å². The van der Waals surface area contributed by atoms with E-state index in [9.17, 15) is 13.2 Å². The first kappa shape index (κ1) is 21.1. The van der Waals surface area contributed by atoms with Gasteiger partial charge in [-0.1, -0.05) is 44.2 Å². The summed E-state index contributed by atoms with van der Waals surface area (Å²) in [7, 11) is -2.11. The summed E-state index contributed by atoms with van der Waals surface area (Å²) in [6, 6.07) is 15.8. The lowest BCUT2D eigenvalue weighted by Crippen LogP contribution is -2.36. The molecular weight excluding hydrogens is 364 g/mol. The van der Waals surface area contributed by atoms with Crippen molar-refractivity contribution in [2.75, 3.05) is 26.8 Å². The summed E-state index contributed by atoms with van der Waals surface area (Å²) in [5.41, 5.74) is 1.33. The van der Waals surface area contributed by atoms with Crippen molar-refractivity contribution in [1.29, 1.82) is 0 Å². The molecule has 2 N–H and O–H groups in total. The molecule has 27 heavy (non-hydrogen) atoms. The van der Waals surface area contributed by atoms with Crippen LogP contribution in [-0.2, 0) is 20.2 Å². The van der Waals surface area contributed by atoms with Crippen molar-refractivity contribution in [2.45, 2.75) is 24.2 Å². The molecule has 0 aromatic heterocycles. The lowest BCUT2D eigenvalue weighted by molar-refractivity contribution is 0.0945. The predicted octanol–water partition coefficient (Wildman–Crippen LogP) is 2.32. The number of methoxy groups -OCH3 is 1. The first-order valence-electron chi connectivity index (χ1n) is 8.69. The molecule has 0 bridgehead atoms. The molecule has 146 valence electrons. The fraction of sp³-hybridized carbons (Fsp3) is 0.350. The minimum atomic E-state index is -3.61. The summed E-state index contributed by atoms with van der Waals surface area (Å²) in [5, 5.41) is 2.92. The standard InChI is InChI=1S/C20H26N2O4S/c1-20(2,17-7-5-4-6-8-17)15-21-19(23)16-9-11-18(12-10-16)27(24,25)22-13-14-26-3/h4-12,22H,13-15H2,1-3H3,(H,21,23). The lowest BCUT2D eigenvalue weighted by atomic mass is 9.84. The van der Waals surface area contributed by atoms with Gasteiger partial charge in [0, 0.05) is 31.2 Å². The van der Waals surface area contributed by atoms with Gasteiger partial charge in [0.25, 0.3) is 5.91 Å². The Kier molecular flexibility index (Phi) is 7.12. The Morgan fingerprint density at radius 1 is 1.04 bits per heavy atom. The van der Waals surface area contributed by atoms with Crippen LogP contribution in [0.25, 0.3) is 0 Å². The van der Waals surface area contributed by atoms with Crippen LogP contribution in [0.15, 0.2) is 59.5 Å². The van der Waals surface area contributed by atoms with E-state index >= 15 is 0 Å². The molecule has 0 fully saturated rings. The molecule has 0 heterocycles. The second-order valence-corrected chi connectivity index (χ2v) is 8.61. The van der Waals surface area contributed by atoms with Crippen molar-refractivity contribution < 1.29 is 17.9 Å². The number of nitrogens with one attached hydrogen (secondary N) is 2. The number of rotatable bonds is 9. The quantitative estimate of drug-likeness (QED) is 0.644. The van der Waals surface area contributed by atoms with E-state index in [1.165, 1.54) is 31.4 Å². The summed E-state index contributed by atoms with van der Waals surface area (Å²) in [6.45, 7) is 5.06. The van der Waals surface area contributed by atoms with Crippen LogP contribution in [-0.4, -0.2) is 41.1 Å². The zero-order valence-corrected chi connectivity index (χ0v) is 16.7. The fourth-order valence-corrected chi connectivity index (χ4v) is 3.55. The van der Waals surface area contributed by atoms with Crippen molar-refractivity contribution in [3.8, 4) is 0 Å². The average molecular weight is 391 g/mol. The molecule has 2 rings (SSSR count). The largest absolute Gasteiger partial charge is 0.383 e. The monoisotopic (exact) mass is 390 g/mol. The maximum atomic E-state index is 12.4. The fourth-order valence-electron chi connectivity index (χ4n) is 2.54. The first-order valence-corrected chi connectivity index (χ1v) is 10.2. The van der Waals surface area contributed by atoms with E-state index in [1.807, 2.05) is 30.3 Å². The molecule has 0 aliphatic carbocycles. The predicted molar refractivity (Wildman–Crippen MR) is 105 cm³/mol.